The molecular formula is C19H18N4O. The lowest BCUT2D eigenvalue weighted by Crippen LogP contribution is -2.33. The van der Waals surface area contributed by atoms with Gasteiger partial charge in [-0.25, -0.2) is 9.97 Å². The second-order valence-corrected chi connectivity index (χ2v) is 5.92. The first-order chi connectivity index (χ1) is 11.8. The van der Waals surface area contributed by atoms with E-state index in [2.05, 4.69) is 27.1 Å². The molecule has 5 nitrogen and oxygen atoms in total. The summed E-state index contributed by atoms with van der Waals surface area (Å²) in [6, 6.07) is 14.0. The Labute approximate surface area is 141 Å². The number of ether oxygens (including phenoxy) is 1. The molecule has 0 aliphatic carbocycles. The SMILES string of the molecule is CN(C[C@@H]1Cc2ccccc2O1)c1nccc(-c2cccnc2)n1. The third-order valence-electron chi connectivity index (χ3n) is 4.13. The number of para-hydroxylation sites is 1. The number of aromatic nitrogens is 3. The minimum atomic E-state index is 0.123. The van der Waals surface area contributed by atoms with Crippen LogP contribution < -0.4 is 9.64 Å². The first kappa shape index (κ1) is 14.6. The lowest BCUT2D eigenvalue weighted by Gasteiger charge is -2.21. The van der Waals surface area contributed by atoms with Crippen molar-refractivity contribution in [2.75, 3.05) is 18.5 Å². The molecule has 3 heterocycles. The third-order valence-corrected chi connectivity index (χ3v) is 4.13. The van der Waals surface area contributed by atoms with Crippen LogP contribution in [0.3, 0.4) is 0 Å². The molecule has 0 spiro atoms. The van der Waals surface area contributed by atoms with Crippen molar-refractivity contribution < 1.29 is 4.74 Å². The Morgan fingerprint density at radius 2 is 2.04 bits per heavy atom. The first-order valence-electron chi connectivity index (χ1n) is 7.99. The van der Waals surface area contributed by atoms with E-state index in [9.17, 15) is 0 Å². The smallest absolute Gasteiger partial charge is 0.225 e. The largest absolute Gasteiger partial charge is 0.488 e. The summed E-state index contributed by atoms with van der Waals surface area (Å²) in [6.07, 6.45) is 6.39. The second-order valence-electron chi connectivity index (χ2n) is 5.92. The zero-order chi connectivity index (χ0) is 16.4. The molecule has 0 fully saturated rings. The normalized spacial score (nSPS) is 15.6. The van der Waals surface area contributed by atoms with Crippen molar-refractivity contribution in [3.05, 3.63) is 66.6 Å². The molecule has 0 N–H and O–H groups in total. The number of anilines is 1. The predicted molar refractivity (Wildman–Crippen MR) is 93.1 cm³/mol. The van der Waals surface area contributed by atoms with E-state index in [4.69, 9.17) is 4.74 Å². The minimum Gasteiger partial charge on any atom is -0.488 e. The Bertz CT molecular complexity index is 813. The van der Waals surface area contributed by atoms with Crippen LogP contribution >= 0.6 is 0 Å². The number of benzene rings is 1. The van der Waals surface area contributed by atoms with Crippen molar-refractivity contribution in [1.82, 2.24) is 15.0 Å². The van der Waals surface area contributed by atoms with E-state index < -0.39 is 0 Å². The molecule has 1 aliphatic heterocycles. The summed E-state index contributed by atoms with van der Waals surface area (Å²) in [5.41, 5.74) is 3.12. The summed E-state index contributed by atoms with van der Waals surface area (Å²) in [5.74, 6) is 1.68. The van der Waals surface area contributed by atoms with Gasteiger partial charge in [-0.1, -0.05) is 18.2 Å². The summed E-state index contributed by atoms with van der Waals surface area (Å²) in [5, 5.41) is 0. The van der Waals surface area contributed by atoms with E-state index in [1.54, 1.807) is 12.4 Å². The Morgan fingerprint density at radius 1 is 1.12 bits per heavy atom. The summed E-state index contributed by atoms with van der Waals surface area (Å²) < 4.78 is 6.01. The fourth-order valence-electron chi connectivity index (χ4n) is 2.95. The van der Waals surface area contributed by atoms with Crippen LogP contribution in [0.1, 0.15) is 5.56 Å². The molecule has 2 aromatic heterocycles. The maximum Gasteiger partial charge on any atom is 0.225 e. The zero-order valence-electron chi connectivity index (χ0n) is 13.5. The van der Waals surface area contributed by atoms with Gasteiger partial charge < -0.3 is 9.64 Å². The van der Waals surface area contributed by atoms with Gasteiger partial charge in [-0.05, 0) is 29.8 Å². The zero-order valence-corrected chi connectivity index (χ0v) is 13.5. The van der Waals surface area contributed by atoms with Crippen molar-refractivity contribution in [2.45, 2.75) is 12.5 Å². The first-order valence-corrected chi connectivity index (χ1v) is 7.99. The van der Waals surface area contributed by atoms with Crippen LogP contribution in [0, 0.1) is 0 Å². The number of hydrogen-bond donors (Lipinski definition) is 0. The molecule has 0 radical (unpaired) electrons. The molecule has 120 valence electrons. The quantitative estimate of drug-likeness (QED) is 0.740. The number of pyridine rings is 1. The molecule has 0 bridgehead atoms. The van der Waals surface area contributed by atoms with Gasteiger partial charge >= 0.3 is 0 Å². The molecule has 0 unspecified atom stereocenters. The molecule has 0 amide bonds. The highest BCUT2D eigenvalue weighted by molar-refractivity contribution is 5.58. The monoisotopic (exact) mass is 318 g/mol. The number of likely N-dealkylation sites (N-methyl/N-ethyl adjacent to an activating group) is 1. The van der Waals surface area contributed by atoms with Gasteiger partial charge in [0, 0.05) is 37.6 Å². The minimum absolute atomic E-state index is 0.123. The Morgan fingerprint density at radius 3 is 2.88 bits per heavy atom. The summed E-state index contributed by atoms with van der Waals surface area (Å²) in [4.78, 5) is 15.2. The Kier molecular flexibility index (Phi) is 3.83. The van der Waals surface area contributed by atoms with Gasteiger partial charge in [0.25, 0.3) is 0 Å². The van der Waals surface area contributed by atoms with Crippen LogP contribution in [-0.2, 0) is 6.42 Å². The predicted octanol–water partition coefficient (Wildman–Crippen LogP) is 2.98. The van der Waals surface area contributed by atoms with Crippen LogP contribution in [-0.4, -0.2) is 34.6 Å². The van der Waals surface area contributed by atoms with Crippen molar-refractivity contribution in [1.29, 1.82) is 0 Å². The highest BCUT2D eigenvalue weighted by Crippen LogP contribution is 2.28. The molecule has 3 aromatic rings. The molecule has 24 heavy (non-hydrogen) atoms. The highest BCUT2D eigenvalue weighted by atomic mass is 16.5. The average Bonchev–Trinajstić information content (AvgIpc) is 3.05. The Hall–Kier alpha value is -2.95. The molecule has 0 saturated heterocycles. The maximum atomic E-state index is 6.01. The number of hydrogen-bond acceptors (Lipinski definition) is 5. The van der Waals surface area contributed by atoms with Crippen molar-refractivity contribution >= 4 is 5.95 Å². The van der Waals surface area contributed by atoms with Crippen LogP contribution in [0.25, 0.3) is 11.3 Å². The van der Waals surface area contributed by atoms with Gasteiger partial charge in [-0.2, -0.15) is 0 Å². The van der Waals surface area contributed by atoms with Gasteiger partial charge in [0.1, 0.15) is 11.9 Å². The summed E-state index contributed by atoms with van der Waals surface area (Å²) in [7, 11) is 1.99. The molecular weight excluding hydrogens is 300 g/mol. The van der Waals surface area contributed by atoms with Gasteiger partial charge in [0.2, 0.25) is 5.95 Å². The van der Waals surface area contributed by atoms with Gasteiger partial charge in [0.05, 0.1) is 12.2 Å². The molecule has 1 aromatic carbocycles. The fraction of sp³-hybridized carbons (Fsp3) is 0.211. The molecule has 4 rings (SSSR count). The highest BCUT2D eigenvalue weighted by Gasteiger charge is 2.24. The lowest BCUT2D eigenvalue weighted by atomic mass is 10.1. The molecule has 1 atom stereocenters. The van der Waals surface area contributed by atoms with Crippen LogP contribution in [0.4, 0.5) is 5.95 Å². The van der Waals surface area contributed by atoms with E-state index in [1.165, 1.54) is 5.56 Å². The third kappa shape index (κ3) is 2.93. The molecule has 1 aliphatic rings. The topological polar surface area (TPSA) is 51.1 Å². The second kappa shape index (κ2) is 6.28. The summed E-state index contributed by atoms with van der Waals surface area (Å²) >= 11 is 0. The van der Waals surface area contributed by atoms with Crippen molar-refractivity contribution in [3.8, 4) is 17.0 Å². The van der Waals surface area contributed by atoms with E-state index in [0.29, 0.717) is 5.95 Å². The van der Waals surface area contributed by atoms with Crippen LogP contribution in [0.2, 0.25) is 0 Å². The average molecular weight is 318 g/mol. The molecule has 5 heteroatoms. The van der Waals surface area contributed by atoms with Crippen LogP contribution in [0.15, 0.2) is 61.1 Å². The Balaban J connectivity index is 1.49. The van der Waals surface area contributed by atoms with E-state index in [1.807, 2.05) is 48.5 Å². The van der Waals surface area contributed by atoms with Crippen LogP contribution in [0.5, 0.6) is 5.75 Å². The maximum absolute atomic E-state index is 6.01. The molecule has 0 saturated carbocycles. The fourth-order valence-corrected chi connectivity index (χ4v) is 2.95. The van der Waals surface area contributed by atoms with Crippen molar-refractivity contribution in [3.63, 3.8) is 0 Å². The van der Waals surface area contributed by atoms with Gasteiger partial charge in [-0.15, -0.1) is 0 Å². The summed E-state index contributed by atoms with van der Waals surface area (Å²) in [6.45, 7) is 0.741. The number of nitrogens with zero attached hydrogens (tertiary/aromatic N) is 4. The van der Waals surface area contributed by atoms with E-state index in [-0.39, 0.29) is 6.10 Å². The van der Waals surface area contributed by atoms with E-state index >= 15 is 0 Å². The van der Waals surface area contributed by atoms with Gasteiger partial charge in [-0.3, -0.25) is 4.98 Å². The van der Waals surface area contributed by atoms with Crippen molar-refractivity contribution in [2.24, 2.45) is 0 Å². The standard InChI is InChI=1S/C19H18N4O/c1-23(13-16-11-14-5-2-3-7-18(14)24-16)19-21-10-8-17(22-19)15-6-4-9-20-12-15/h2-10,12,16H,11,13H2,1H3/t16-/m0/s1. The number of fused-ring (bicyclic) bond motifs is 1. The van der Waals surface area contributed by atoms with E-state index in [0.717, 1.165) is 30.0 Å². The van der Waals surface area contributed by atoms with Gasteiger partial charge in [0.15, 0.2) is 0 Å². The lowest BCUT2D eigenvalue weighted by molar-refractivity contribution is 0.238. The number of rotatable bonds is 4.